The fourth-order valence-corrected chi connectivity index (χ4v) is 3.61. The molecular weight excluding hydrogens is 216 g/mol. The van der Waals surface area contributed by atoms with E-state index < -0.39 is 4.93 Å². The molecule has 0 aromatic rings. The SMILES string of the molecule is CC(C)(C)CC(C)(C)C1=CC2SC2(O)C=C1. The molecular formula is C14H22OS. The molecule has 2 atom stereocenters. The highest BCUT2D eigenvalue weighted by atomic mass is 32.2. The second-order valence-electron chi connectivity index (χ2n) is 6.87. The van der Waals surface area contributed by atoms with E-state index in [1.165, 1.54) is 5.57 Å². The molecule has 2 unspecified atom stereocenters. The van der Waals surface area contributed by atoms with E-state index in [9.17, 15) is 5.11 Å². The van der Waals surface area contributed by atoms with Crippen LogP contribution in [0.2, 0.25) is 0 Å². The summed E-state index contributed by atoms with van der Waals surface area (Å²) in [7, 11) is 0. The maximum atomic E-state index is 9.90. The summed E-state index contributed by atoms with van der Waals surface area (Å²) in [5.74, 6) is 0. The van der Waals surface area contributed by atoms with Crippen LogP contribution in [0.3, 0.4) is 0 Å². The van der Waals surface area contributed by atoms with E-state index in [0.29, 0.717) is 10.7 Å². The molecule has 90 valence electrons. The van der Waals surface area contributed by atoms with Crippen molar-refractivity contribution in [2.24, 2.45) is 10.8 Å². The summed E-state index contributed by atoms with van der Waals surface area (Å²) < 4.78 is 0. The molecule has 1 fully saturated rings. The van der Waals surface area contributed by atoms with Crippen LogP contribution >= 0.6 is 11.8 Å². The summed E-state index contributed by atoms with van der Waals surface area (Å²) >= 11 is 1.63. The highest BCUT2D eigenvalue weighted by Gasteiger charge is 2.53. The molecule has 0 amide bonds. The second-order valence-corrected chi connectivity index (χ2v) is 8.26. The summed E-state index contributed by atoms with van der Waals surface area (Å²) in [6, 6.07) is 0. The van der Waals surface area contributed by atoms with Crippen LogP contribution in [0.5, 0.6) is 0 Å². The Bertz CT molecular complexity index is 359. The fraction of sp³-hybridized carbons (Fsp3) is 0.714. The molecule has 0 aromatic carbocycles. The van der Waals surface area contributed by atoms with Gasteiger partial charge >= 0.3 is 0 Å². The van der Waals surface area contributed by atoms with Gasteiger partial charge in [-0.15, -0.1) is 11.8 Å². The number of hydrogen-bond acceptors (Lipinski definition) is 2. The van der Waals surface area contributed by atoms with Gasteiger partial charge in [-0.05, 0) is 28.9 Å². The number of thioether (sulfide) groups is 1. The van der Waals surface area contributed by atoms with Crippen molar-refractivity contribution in [3.63, 3.8) is 0 Å². The first kappa shape index (κ1) is 12.3. The lowest BCUT2D eigenvalue weighted by Gasteiger charge is -2.34. The Morgan fingerprint density at radius 3 is 2.44 bits per heavy atom. The van der Waals surface area contributed by atoms with E-state index in [1.807, 2.05) is 6.08 Å². The summed E-state index contributed by atoms with van der Waals surface area (Å²) in [6.07, 6.45) is 7.48. The molecule has 1 nitrogen and oxygen atoms in total. The summed E-state index contributed by atoms with van der Waals surface area (Å²) in [6.45, 7) is 11.4. The molecule has 2 aliphatic rings. The first-order valence-electron chi connectivity index (χ1n) is 5.94. The van der Waals surface area contributed by atoms with Gasteiger partial charge in [0.2, 0.25) is 0 Å². The number of aliphatic hydroxyl groups is 1. The Morgan fingerprint density at radius 1 is 1.31 bits per heavy atom. The zero-order chi connectivity index (χ0) is 12.2. The minimum Gasteiger partial charge on any atom is -0.374 e. The van der Waals surface area contributed by atoms with Gasteiger partial charge in [-0.25, -0.2) is 0 Å². The Hall–Kier alpha value is -0.210. The van der Waals surface area contributed by atoms with Gasteiger partial charge in [0.05, 0.1) is 5.25 Å². The normalized spacial score (nSPS) is 33.4. The smallest absolute Gasteiger partial charge is 0.145 e. The van der Waals surface area contributed by atoms with Crippen LogP contribution in [0.15, 0.2) is 23.8 Å². The predicted molar refractivity (Wildman–Crippen MR) is 71.4 cm³/mol. The Kier molecular flexibility index (Phi) is 2.60. The summed E-state index contributed by atoms with van der Waals surface area (Å²) in [5.41, 5.74) is 1.91. The van der Waals surface area contributed by atoms with Crippen LogP contribution in [-0.2, 0) is 0 Å². The van der Waals surface area contributed by atoms with Gasteiger partial charge in [-0.3, -0.25) is 0 Å². The minimum atomic E-state index is -0.568. The van der Waals surface area contributed by atoms with E-state index in [1.54, 1.807) is 11.8 Å². The van der Waals surface area contributed by atoms with Crippen LogP contribution in [0.1, 0.15) is 41.0 Å². The molecule has 0 aromatic heterocycles. The van der Waals surface area contributed by atoms with E-state index in [4.69, 9.17) is 0 Å². The maximum absolute atomic E-state index is 9.90. The van der Waals surface area contributed by atoms with E-state index in [-0.39, 0.29) is 5.41 Å². The van der Waals surface area contributed by atoms with Gasteiger partial charge in [0.25, 0.3) is 0 Å². The van der Waals surface area contributed by atoms with Crippen molar-refractivity contribution >= 4 is 11.8 Å². The monoisotopic (exact) mass is 238 g/mol. The zero-order valence-electron chi connectivity index (χ0n) is 10.9. The fourth-order valence-electron chi connectivity index (χ4n) is 2.76. The van der Waals surface area contributed by atoms with Crippen LogP contribution in [0, 0.1) is 10.8 Å². The lowest BCUT2D eigenvalue weighted by Crippen LogP contribution is -2.24. The molecule has 1 aliphatic heterocycles. The van der Waals surface area contributed by atoms with Gasteiger partial charge in [-0.2, -0.15) is 0 Å². The standard InChI is InChI=1S/C14H22OS/c1-12(2,3)9-13(4,5)10-6-7-14(15)11(8-10)16-14/h6-8,11,15H,9H2,1-5H3. The van der Waals surface area contributed by atoms with Crippen LogP contribution in [0.25, 0.3) is 0 Å². The third-order valence-corrected chi connectivity index (χ3v) is 4.52. The summed E-state index contributed by atoms with van der Waals surface area (Å²) in [4.78, 5) is -0.568. The minimum absolute atomic E-state index is 0.194. The van der Waals surface area contributed by atoms with Crippen molar-refractivity contribution in [2.45, 2.75) is 51.2 Å². The largest absolute Gasteiger partial charge is 0.374 e. The second kappa shape index (κ2) is 3.39. The highest BCUT2D eigenvalue weighted by Crippen LogP contribution is 2.57. The number of rotatable bonds is 2. The Balaban J connectivity index is 2.14. The van der Waals surface area contributed by atoms with Gasteiger partial charge in [-0.1, -0.05) is 46.8 Å². The van der Waals surface area contributed by atoms with Gasteiger partial charge < -0.3 is 5.11 Å². The zero-order valence-corrected chi connectivity index (χ0v) is 11.7. The first-order valence-corrected chi connectivity index (χ1v) is 6.82. The lowest BCUT2D eigenvalue weighted by atomic mass is 9.71. The molecule has 1 heterocycles. The lowest BCUT2D eigenvalue weighted by molar-refractivity contribution is 0.222. The van der Waals surface area contributed by atoms with E-state index >= 15 is 0 Å². The molecule has 16 heavy (non-hydrogen) atoms. The number of fused-ring (bicyclic) bond motifs is 1. The number of hydrogen-bond donors (Lipinski definition) is 1. The van der Waals surface area contributed by atoms with Crippen molar-refractivity contribution < 1.29 is 5.11 Å². The third-order valence-electron chi connectivity index (χ3n) is 3.25. The molecule has 1 N–H and O–H groups in total. The van der Waals surface area contributed by atoms with Gasteiger partial charge in [0.1, 0.15) is 4.93 Å². The number of allylic oxidation sites excluding steroid dienone is 2. The molecule has 0 radical (unpaired) electrons. The molecule has 1 saturated heterocycles. The molecule has 0 bridgehead atoms. The van der Waals surface area contributed by atoms with Gasteiger partial charge in [0, 0.05) is 0 Å². The van der Waals surface area contributed by atoms with E-state index in [0.717, 1.165) is 6.42 Å². The topological polar surface area (TPSA) is 20.2 Å². The highest BCUT2D eigenvalue weighted by molar-refractivity contribution is 8.08. The molecule has 0 spiro atoms. The van der Waals surface area contributed by atoms with Crippen molar-refractivity contribution in [1.29, 1.82) is 0 Å². The third kappa shape index (κ3) is 2.38. The maximum Gasteiger partial charge on any atom is 0.145 e. The van der Waals surface area contributed by atoms with Crippen LogP contribution in [0.4, 0.5) is 0 Å². The summed E-state index contributed by atoms with van der Waals surface area (Å²) in [5, 5.41) is 10.2. The van der Waals surface area contributed by atoms with Crippen molar-refractivity contribution in [3.05, 3.63) is 23.8 Å². The van der Waals surface area contributed by atoms with Crippen molar-refractivity contribution in [1.82, 2.24) is 0 Å². The quantitative estimate of drug-likeness (QED) is 0.739. The van der Waals surface area contributed by atoms with Crippen molar-refractivity contribution in [2.75, 3.05) is 0 Å². The van der Waals surface area contributed by atoms with Gasteiger partial charge in [0.15, 0.2) is 0 Å². The molecule has 1 aliphatic carbocycles. The van der Waals surface area contributed by atoms with Crippen molar-refractivity contribution in [3.8, 4) is 0 Å². The first-order chi connectivity index (χ1) is 7.12. The molecule has 2 rings (SSSR count). The Labute approximate surface area is 103 Å². The molecule has 2 heteroatoms. The predicted octanol–water partition coefficient (Wildman–Crippen LogP) is 3.75. The van der Waals surface area contributed by atoms with E-state index in [2.05, 4.69) is 46.8 Å². The average Bonchev–Trinajstić information content (AvgIpc) is 2.70. The Morgan fingerprint density at radius 2 is 1.94 bits per heavy atom. The average molecular weight is 238 g/mol. The molecule has 0 saturated carbocycles. The van der Waals surface area contributed by atoms with Crippen LogP contribution < -0.4 is 0 Å². The van der Waals surface area contributed by atoms with Crippen LogP contribution in [-0.4, -0.2) is 15.3 Å².